The van der Waals surface area contributed by atoms with Gasteiger partial charge in [-0.2, -0.15) is 0 Å². The molecule has 1 heterocycles. The maximum atomic E-state index is 12.8. The van der Waals surface area contributed by atoms with Gasteiger partial charge in [-0.1, -0.05) is 12.1 Å². The second kappa shape index (κ2) is 6.60. The quantitative estimate of drug-likeness (QED) is 0.565. The van der Waals surface area contributed by atoms with E-state index in [2.05, 4.69) is 0 Å². The summed E-state index contributed by atoms with van der Waals surface area (Å²) in [5.41, 5.74) is 0.913. The number of halogens is 1. The van der Waals surface area contributed by atoms with E-state index in [9.17, 15) is 24.8 Å². The van der Waals surface area contributed by atoms with Crippen LogP contribution in [0.25, 0.3) is 0 Å². The Balaban J connectivity index is 2.03. The fourth-order valence-electron chi connectivity index (χ4n) is 2.76. The Labute approximate surface area is 116 Å². The molecule has 2 rings (SSSR count). The van der Waals surface area contributed by atoms with E-state index in [1.165, 1.54) is 12.1 Å². The van der Waals surface area contributed by atoms with Gasteiger partial charge in [0, 0.05) is 6.54 Å². The number of benzene rings is 1. The molecule has 112 valence electrons. The van der Waals surface area contributed by atoms with Gasteiger partial charge in [0.25, 0.3) is 0 Å². The number of likely N-dealkylation sites (tertiary alicyclic amines) is 1. The molecule has 0 aromatic heterocycles. The third-order valence-corrected chi connectivity index (χ3v) is 3.94. The van der Waals surface area contributed by atoms with Crippen LogP contribution in [0.4, 0.5) is 4.39 Å². The van der Waals surface area contributed by atoms with Crippen LogP contribution in [0, 0.1) is 5.82 Å². The summed E-state index contributed by atoms with van der Waals surface area (Å²) in [6.07, 6.45) is -1.58. The van der Waals surface area contributed by atoms with Gasteiger partial charge in [-0.15, -0.1) is 0 Å². The van der Waals surface area contributed by atoms with Gasteiger partial charge in [0.2, 0.25) is 0 Å². The van der Waals surface area contributed by atoms with Crippen molar-refractivity contribution in [2.75, 3.05) is 19.8 Å². The fraction of sp³-hybridized carbons (Fsp3) is 0.571. The fourth-order valence-corrected chi connectivity index (χ4v) is 2.76. The van der Waals surface area contributed by atoms with Crippen molar-refractivity contribution in [1.82, 2.24) is 4.90 Å². The lowest BCUT2D eigenvalue weighted by atomic mass is 10.1. The van der Waals surface area contributed by atoms with Gasteiger partial charge in [0.05, 0.1) is 37.5 Å². The molecule has 0 aliphatic carbocycles. The number of aliphatic hydroxyl groups is 4. The number of hydrogen-bond donors (Lipinski definition) is 4. The summed E-state index contributed by atoms with van der Waals surface area (Å²) in [6.45, 7) is -0.132. The Hall–Kier alpha value is -1.05. The van der Waals surface area contributed by atoms with Crippen LogP contribution in [0.1, 0.15) is 5.56 Å². The number of hydrogen-bond acceptors (Lipinski definition) is 5. The van der Waals surface area contributed by atoms with Crippen molar-refractivity contribution in [2.24, 2.45) is 0 Å². The molecule has 1 aliphatic heterocycles. The lowest BCUT2D eigenvalue weighted by Crippen LogP contribution is -2.44. The van der Waals surface area contributed by atoms with Crippen molar-refractivity contribution in [3.05, 3.63) is 35.6 Å². The number of aliphatic hydroxyl groups excluding tert-OH is 4. The van der Waals surface area contributed by atoms with Crippen LogP contribution in [0.2, 0.25) is 0 Å². The highest BCUT2D eigenvalue weighted by Gasteiger charge is 2.46. The van der Waals surface area contributed by atoms with Crippen molar-refractivity contribution < 1.29 is 24.8 Å². The summed E-state index contributed by atoms with van der Waals surface area (Å²) >= 11 is 0. The predicted molar refractivity (Wildman–Crippen MR) is 70.6 cm³/mol. The minimum Gasteiger partial charge on any atom is -0.395 e. The third-order valence-electron chi connectivity index (χ3n) is 3.94. The lowest BCUT2D eigenvalue weighted by molar-refractivity contribution is 0.0130. The first-order chi connectivity index (χ1) is 9.58. The van der Waals surface area contributed by atoms with Crippen LogP contribution in [-0.2, 0) is 6.42 Å². The van der Waals surface area contributed by atoms with Crippen molar-refractivity contribution in [1.29, 1.82) is 0 Å². The Bertz CT molecular complexity index is 412. The molecule has 0 radical (unpaired) electrons. The second-order valence-corrected chi connectivity index (χ2v) is 5.10. The first-order valence-corrected chi connectivity index (χ1v) is 6.66. The predicted octanol–water partition coefficient (Wildman–Crippen LogP) is -0.873. The molecule has 1 unspecified atom stereocenters. The van der Waals surface area contributed by atoms with Crippen LogP contribution in [0.3, 0.4) is 0 Å². The monoisotopic (exact) mass is 285 g/mol. The first-order valence-electron chi connectivity index (χ1n) is 6.66. The number of nitrogens with zero attached hydrogens (tertiary/aromatic N) is 1. The van der Waals surface area contributed by atoms with Gasteiger partial charge in [-0.25, -0.2) is 4.39 Å². The van der Waals surface area contributed by atoms with Crippen LogP contribution < -0.4 is 0 Å². The molecule has 1 aromatic carbocycles. The molecule has 0 bridgehead atoms. The van der Waals surface area contributed by atoms with E-state index in [0.29, 0.717) is 13.0 Å². The zero-order chi connectivity index (χ0) is 14.7. The van der Waals surface area contributed by atoms with Crippen molar-refractivity contribution in [3.8, 4) is 0 Å². The summed E-state index contributed by atoms with van der Waals surface area (Å²) in [7, 11) is 0. The zero-order valence-corrected chi connectivity index (χ0v) is 11.1. The lowest BCUT2D eigenvalue weighted by Gasteiger charge is -2.28. The minimum absolute atomic E-state index is 0.294. The molecule has 1 aliphatic rings. The molecule has 0 amide bonds. The Morgan fingerprint density at radius 2 is 1.45 bits per heavy atom. The van der Waals surface area contributed by atoms with Gasteiger partial charge < -0.3 is 20.4 Å². The minimum atomic E-state index is -1.08. The van der Waals surface area contributed by atoms with E-state index in [-0.39, 0.29) is 19.0 Å². The molecule has 1 aromatic rings. The summed E-state index contributed by atoms with van der Waals surface area (Å²) in [5.74, 6) is -0.303. The average molecular weight is 285 g/mol. The Morgan fingerprint density at radius 3 is 1.90 bits per heavy atom. The Morgan fingerprint density at radius 1 is 0.950 bits per heavy atom. The number of rotatable bonds is 5. The topological polar surface area (TPSA) is 84.2 Å². The van der Waals surface area contributed by atoms with Gasteiger partial charge in [-0.3, -0.25) is 4.90 Å². The molecule has 1 fully saturated rings. The molecule has 4 N–H and O–H groups in total. The van der Waals surface area contributed by atoms with E-state index in [1.807, 2.05) is 0 Å². The maximum absolute atomic E-state index is 12.8. The van der Waals surface area contributed by atoms with Crippen LogP contribution in [-0.4, -0.2) is 69.4 Å². The van der Waals surface area contributed by atoms with E-state index >= 15 is 0 Å². The molecular formula is C14H20FNO4. The molecule has 0 spiro atoms. The van der Waals surface area contributed by atoms with Gasteiger partial charge in [0.15, 0.2) is 0 Å². The average Bonchev–Trinajstić information content (AvgIpc) is 2.69. The molecule has 20 heavy (non-hydrogen) atoms. The summed E-state index contributed by atoms with van der Waals surface area (Å²) in [5, 5.41) is 38.4. The van der Waals surface area contributed by atoms with Crippen LogP contribution >= 0.6 is 0 Å². The summed E-state index contributed by atoms with van der Waals surface area (Å²) in [6, 6.07) is 4.89. The highest BCUT2D eigenvalue weighted by molar-refractivity contribution is 5.16. The van der Waals surface area contributed by atoms with E-state index in [1.54, 1.807) is 17.0 Å². The van der Waals surface area contributed by atoms with Crippen LogP contribution in [0.5, 0.6) is 0 Å². The van der Waals surface area contributed by atoms with E-state index in [0.717, 1.165) is 5.56 Å². The van der Waals surface area contributed by atoms with E-state index in [4.69, 9.17) is 0 Å². The van der Waals surface area contributed by atoms with E-state index < -0.39 is 24.3 Å². The standard InChI is InChI=1S/C14H20FNO4/c15-10-3-1-9(2-4-10)5-6-16-11(7-17)13(19)14(20)12(16)8-18/h1-4,11-14,17-20H,5-8H2/t11-,12?,13-,14-/m1/s1. The summed E-state index contributed by atoms with van der Waals surface area (Å²) in [4.78, 5) is 1.71. The SMILES string of the molecule is OCC1[C@@H](O)[C@H](O)[C@@H](CO)N1CCc1ccc(F)cc1. The third kappa shape index (κ3) is 2.99. The largest absolute Gasteiger partial charge is 0.395 e. The molecule has 5 nitrogen and oxygen atoms in total. The summed E-state index contributed by atoms with van der Waals surface area (Å²) < 4.78 is 12.8. The molecule has 0 saturated carbocycles. The van der Waals surface area contributed by atoms with Crippen molar-refractivity contribution >= 4 is 0 Å². The highest BCUT2D eigenvalue weighted by atomic mass is 19.1. The second-order valence-electron chi connectivity index (χ2n) is 5.10. The van der Waals surface area contributed by atoms with Gasteiger partial charge >= 0.3 is 0 Å². The first kappa shape index (κ1) is 15.3. The maximum Gasteiger partial charge on any atom is 0.123 e. The van der Waals surface area contributed by atoms with Gasteiger partial charge in [-0.05, 0) is 24.1 Å². The van der Waals surface area contributed by atoms with Crippen molar-refractivity contribution in [2.45, 2.75) is 30.7 Å². The van der Waals surface area contributed by atoms with Crippen LogP contribution in [0.15, 0.2) is 24.3 Å². The highest BCUT2D eigenvalue weighted by Crippen LogP contribution is 2.25. The smallest absolute Gasteiger partial charge is 0.123 e. The zero-order valence-electron chi connectivity index (χ0n) is 11.1. The van der Waals surface area contributed by atoms with Crippen molar-refractivity contribution in [3.63, 3.8) is 0 Å². The molecular weight excluding hydrogens is 265 g/mol. The molecule has 1 saturated heterocycles. The Kier molecular flexibility index (Phi) is 5.06. The normalized spacial score (nSPS) is 30.9. The van der Waals surface area contributed by atoms with Gasteiger partial charge in [0.1, 0.15) is 5.82 Å². The molecule has 6 heteroatoms. The molecule has 4 atom stereocenters.